The van der Waals surface area contributed by atoms with Gasteiger partial charge >= 0.3 is 0 Å². The highest BCUT2D eigenvalue weighted by Gasteiger charge is 2.25. The van der Waals surface area contributed by atoms with Crippen molar-refractivity contribution in [2.45, 2.75) is 6.92 Å². The zero-order valence-corrected chi connectivity index (χ0v) is 11.1. The van der Waals surface area contributed by atoms with Crippen LogP contribution < -0.4 is 5.32 Å². The summed E-state index contributed by atoms with van der Waals surface area (Å²) < 4.78 is 0. The molecule has 0 aliphatic carbocycles. The predicted octanol–water partition coefficient (Wildman–Crippen LogP) is 3.47. The zero-order valence-electron chi connectivity index (χ0n) is 10.3. The van der Waals surface area contributed by atoms with Crippen molar-refractivity contribution in [2.24, 2.45) is 0 Å². The van der Waals surface area contributed by atoms with Crippen LogP contribution >= 0.6 is 11.8 Å². The Hall–Kier alpha value is -2.07. The largest absolute Gasteiger partial charge is 0.290 e. The molecular formula is C15H11NO2S. The number of imide groups is 1. The van der Waals surface area contributed by atoms with Gasteiger partial charge in [0.2, 0.25) is 0 Å². The Bertz CT molecular complexity index is 734. The van der Waals surface area contributed by atoms with Crippen LogP contribution in [-0.4, -0.2) is 11.1 Å². The number of fused-ring (bicyclic) bond motifs is 1. The van der Waals surface area contributed by atoms with Gasteiger partial charge in [0, 0.05) is 0 Å². The van der Waals surface area contributed by atoms with Crippen molar-refractivity contribution in [3.05, 3.63) is 52.4 Å². The predicted molar refractivity (Wildman–Crippen MR) is 77.8 cm³/mol. The number of rotatable bonds is 1. The Kier molecular flexibility index (Phi) is 2.87. The maximum atomic E-state index is 11.6. The molecule has 3 nitrogen and oxygen atoms in total. The normalized spacial score (nSPS) is 17.2. The Morgan fingerprint density at radius 2 is 1.79 bits per heavy atom. The standard InChI is InChI=1S/C15H11NO2S/c1-9-6-7-10(12-5-3-2-4-11(9)12)8-13-14(17)16-15(18)19-13/h2-8H,1H3,(H,16,17,18). The molecule has 0 unspecified atom stereocenters. The van der Waals surface area contributed by atoms with Crippen LogP contribution in [0, 0.1) is 6.92 Å². The number of hydrogen-bond acceptors (Lipinski definition) is 3. The maximum absolute atomic E-state index is 11.6. The molecule has 0 saturated carbocycles. The summed E-state index contributed by atoms with van der Waals surface area (Å²) in [6.07, 6.45) is 1.77. The van der Waals surface area contributed by atoms with Crippen molar-refractivity contribution >= 4 is 39.8 Å². The van der Waals surface area contributed by atoms with Crippen LogP contribution in [0.25, 0.3) is 16.8 Å². The van der Waals surface area contributed by atoms with Crippen LogP contribution in [0.3, 0.4) is 0 Å². The molecule has 19 heavy (non-hydrogen) atoms. The first-order chi connectivity index (χ1) is 9.15. The fourth-order valence-corrected chi connectivity index (χ4v) is 2.83. The highest BCUT2D eigenvalue weighted by molar-refractivity contribution is 8.18. The zero-order chi connectivity index (χ0) is 13.4. The number of benzene rings is 2. The average molecular weight is 269 g/mol. The summed E-state index contributed by atoms with van der Waals surface area (Å²) in [4.78, 5) is 23.2. The highest BCUT2D eigenvalue weighted by atomic mass is 32.2. The lowest BCUT2D eigenvalue weighted by Crippen LogP contribution is -2.17. The van der Waals surface area contributed by atoms with E-state index in [-0.39, 0.29) is 11.1 Å². The summed E-state index contributed by atoms with van der Waals surface area (Å²) in [5, 5.41) is 4.20. The van der Waals surface area contributed by atoms with Gasteiger partial charge in [0.15, 0.2) is 0 Å². The maximum Gasteiger partial charge on any atom is 0.290 e. The first-order valence-corrected chi connectivity index (χ1v) is 6.70. The van der Waals surface area contributed by atoms with Gasteiger partial charge in [0.05, 0.1) is 4.91 Å². The second-order valence-electron chi connectivity index (χ2n) is 4.37. The van der Waals surface area contributed by atoms with E-state index in [1.54, 1.807) is 6.08 Å². The number of hydrogen-bond donors (Lipinski definition) is 1. The average Bonchev–Trinajstić information content (AvgIpc) is 2.72. The molecule has 0 spiro atoms. The molecule has 2 aromatic rings. The molecule has 1 N–H and O–H groups in total. The molecule has 1 heterocycles. The monoisotopic (exact) mass is 269 g/mol. The fraction of sp³-hybridized carbons (Fsp3) is 0.0667. The number of amides is 2. The van der Waals surface area contributed by atoms with Crippen LogP contribution in [-0.2, 0) is 4.79 Å². The Morgan fingerprint density at radius 3 is 2.47 bits per heavy atom. The molecule has 0 bridgehead atoms. The summed E-state index contributed by atoms with van der Waals surface area (Å²) in [6.45, 7) is 2.06. The van der Waals surface area contributed by atoms with Gasteiger partial charge in [-0.3, -0.25) is 14.9 Å². The summed E-state index contributed by atoms with van der Waals surface area (Å²) in [5.41, 5.74) is 2.14. The fourth-order valence-electron chi connectivity index (χ4n) is 2.16. The first-order valence-electron chi connectivity index (χ1n) is 5.88. The summed E-state index contributed by atoms with van der Waals surface area (Å²) in [6, 6.07) is 12.0. The smallest absolute Gasteiger partial charge is 0.282 e. The van der Waals surface area contributed by atoms with Crippen molar-refractivity contribution < 1.29 is 9.59 Å². The van der Waals surface area contributed by atoms with Crippen LogP contribution in [0.1, 0.15) is 11.1 Å². The van der Waals surface area contributed by atoms with Crippen molar-refractivity contribution in [3.63, 3.8) is 0 Å². The van der Waals surface area contributed by atoms with Crippen LogP contribution in [0.15, 0.2) is 41.3 Å². The van der Waals surface area contributed by atoms with Gasteiger partial charge in [-0.25, -0.2) is 0 Å². The van der Waals surface area contributed by atoms with E-state index in [1.807, 2.05) is 30.3 Å². The second-order valence-corrected chi connectivity index (χ2v) is 5.38. The third-order valence-corrected chi connectivity index (χ3v) is 3.92. The van der Waals surface area contributed by atoms with E-state index >= 15 is 0 Å². The molecule has 1 aliphatic rings. The van der Waals surface area contributed by atoms with E-state index in [9.17, 15) is 9.59 Å². The van der Waals surface area contributed by atoms with E-state index in [2.05, 4.69) is 18.3 Å². The lowest BCUT2D eigenvalue weighted by atomic mass is 10.00. The van der Waals surface area contributed by atoms with Crippen LogP contribution in [0.4, 0.5) is 4.79 Å². The molecule has 4 heteroatoms. The number of carbonyl (C=O) groups is 2. The lowest BCUT2D eigenvalue weighted by molar-refractivity contribution is -0.115. The number of thioether (sulfide) groups is 1. The van der Waals surface area contributed by atoms with Crippen molar-refractivity contribution in [3.8, 4) is 0 Å². The summed E-state index contributed by atoms with van der Waals surface area (Å²) in [7, 11) is 0. The molecule has 0 aromatic heterocycles. The third kappa shape index (κ3) is 2.15. The molecule has 1 saturated heterocycles. The number of aryl methyl sites for hydroxylation is 1. The Balaban J connectivity index is 2.17. The Morgan fingerprint density at radius 1 is 1.05 bits per heavy atom. The van der Waals surface area contributed by atoms with Gasteiger partial charge in [-0.1, -0.05) is 36.4 Å². The van der Waals surface area contributed by atoms with E-state index in [0.29, 0.717) is 4.91 Å². The summed E-state index contributed by atoms with van der Waals surface area (Å²) >= 11 is 0.943. The van der Waals surface area contributed by atoms with Crippen LogP contribution in [0.5, 0.6) is 0 Å². The minimum Gasteiger partial charge on any atom is -0.282 e. The number of nitrogens with one attached hydrogen (secondary N) is 1. The molecule has 2 amide bonds. The van der Waals surface area contributed by atoms with Gasteiger partial charge in [0.1, 0.15) is 0 Å². The lowest BCUT2D eigenvalue weighted by Gasteiger charge is -2.05. The summed E-state index contributed by atoms with van der Waals surface area (Å²) in [5.74, 6) is -0.320. The van der Waals surface area contributed by atoms with Crippen LogP contribution in [0.2, 0.25) is 0 Å². The topological polar surface area (TPSA) is 46.2 Å². The van der Waals surface area contributed by atoms with Gasteiger partial charge in [-0.2, -0.15) is 0 Å². The van der Waals surface area contributed by atoms with Gasteiger partial charge < -0.3 is 0 Å². The molecule has 1 aliphatic heterocycles. The minimum absolute atomic E-state index is 0.312. The molecule has 0 atom stereocenters. The Labute approximate surface area is 114 Å². The number of carbonyl (C=O) groups excluding carboxylic acids is 2. The minimum atomic E-state index is -0.320. The SMILES string of the molecule is Cc1ccc(C=C2SC(=O)NC2=O)c2ccccc12. The van der Waals surface area contributed by atoms with Crippen molar-refractivity contribution in [1.82, 2.24) is 5.32 Å². The molecule has 2 aromatic carbocycles. The van der Waals surface area contributed by atoms with E-state index in [4.69, 9.17) is 0 Å². The quantitative estimate of drug-likeness (QED) is 0.806. The molecule has 3 rings (SSSR count). The molecule has 0 radical (unpaired) electrons. The van der Waals surface area contributed by atoms with E-state index < -0.39 is 0 Å². The molecule has 1 fully saturated rings. The van der Waals surface area contributed by atoms with Gasteiger partial charge in [0.25, 0.3) is 11.1 Å². The molecule has 94 valence electrons. The third-order valence-electron chi connectivity index (χ3n) is 3.10. The first kappa shape index (κ1) is 12.0. The molecular weight excluding hydrogens is 258 g/mol. The second kappa shape index (κ2) is 4.55. The highest BCUT2D eigenvalue weighted by Crippen LogP contribution is 2.29. The van der Waals surface area contributed by atoms with Gasteiger partial charge in [-0.05, 0) is 46.7 Å². The van der Waals surface area contributed by atoms with Gasteiger partial charge in [-0.15, -0.1) is 0 Å². The van der Waals surface area contributed by atoms with E-state index in [1.165, 1.54) is 5.56 Å². The van der Waals surface area contributed by atoms with Crippen molar-refractivity contribution in [1.29, 1.82) is 0 Å². The van der Waals surface area contributed by atoms with Crippen molar-refractivity contribution in [2.75, 3.05) is 0 Å². The van der Waals surface area contributed by atoms with E-state index in [0.717, 1.165) is 28.1 Å².